The van der Waals surface area contributed by atoms with Crippen LogP contribution in [0.3, 0.4) is 0 Å². The van der Waals surface area contributed by atoms with Gasteiger partial charge in [0, 0.05) is 36.7 Å². The molecule has 6 nitrogen and oxygen atoms in total. The predicted octanol–water partition coefficient (Wildman–Crippen LogP) is 1.54. The highest BCUT2D eigenvalue weighted by atomic mass is 32.2. The molecule has 2 amide bonds. The lowest BCUT2D eigenvalue weighted by molar-refractivity contribution is -0.255. The SMILES string of the molecule is CN(C)c1ccc(N2C(=O)CC(Sc3ccccc3C(=O)[O-])C2=O)cc1. The zero-order valence-electron chi connectivity index (χ0n) is 14.3. The van der Waals surface area contributed by atoms with Gasteiger partial charge in [0.15, 0.2) is 0 Å². The number of aromatic carboxylic acids is 1. The number of carboxylic acids is 1. The van der Waals surface area contributed by atoms with E-state index in [9.17, 15) is 19.5 Å². The molecule has 7 heteroatoms. The van der Waals surface area contributed by atoms with E-state index in [1.54, 1.807) is 30.3 Å². The van der Waals surface area contributed by atoms with Gasteiger partial charge in [0.05, 0.1) is 16.9 Å². The number of carbonyl (C=O) groups is 3. The van der Waals surface area contributed by atoms with Crippen molar-refractivity contribution in [3.63, 3.8) is 0 Å². The van der Waals surface area contributed by atoms with Gasteiger partial charge in [-0.25, -0.2) is 4.90 Å². The second kappa shape index (κ2) is 7.21. The largest absolute Gasteiger partial charge is 0.545 e. The van der Waals surface area contributed by atoms with E-state index in [-0.39, 0.29) is 23.8 Å². The van der Waals surface area contributed by atoms with E-state index in [2.05, 4.69) is 0 Å². The van der Waals surface area contributed by atoms with Crippen molar-refractivity contribution in [2.75, 3.05) is 23.9 Å². The molecule has 1 fully saturated rings. The summed E-state index contributed by atoms with van der Waals surface area (Å²) < 4.78 is 0. The first-order chi connectivity index (χ1) is 12.4. The van der Waals surface area contributed by atoms with Crippen molar-refractivity contribution in [1.29, 1.82) is 0 Å². The third-order valence-electron chi connectivity index (χ3n) is 4.11. The summed E-state index contributed by atoms with van der Waals surface area (Å²) in [5.74, 6) is -1.94. The summed E-state index contributed by atoms with van der Waals surface area (Å²) in [5, 5.41) is 10.6. The highest BCUT2D eigenvalue weighted by molar-refractivity contribution is 8.00. The molecule has 1 unspecified atom stereocenters. The van der Waals surface area contributed by atoms with Gasteiger partial charge in [-0.3, -0.25) is 9.59 Å². The van der Waals surface area contributed by atoms with Crippen LogP contribution in [0.5, 0.6) is 0 Å². The molecule has 0 aliphatic carbocycles. The van der Waals surface area contributed by atoms with Gasteiger partial charge in [-0.2, -0.15) is 0 Å². The van der Waals surface area contributed by atoms with Crippen LogP contribution in [0.25, 0.3) is 0 Å². The number of thioether (sulfide) groups is 1. The zero-order chi connectivity index (χ0) is 18.8. The first kappa shape index (κ1) is 18.0. The van der Waals surface area contributed by atoms with Crippen molar-refractivity contribution in [3.8, 4) is 0 Å². The number of anilines is 2. The summed E-state index contributed by atoms with van der Waals surface area (Å²) in [6, 6.07) is 13.5. The summed E-state index contributed by atoms with van der Waals surface area (Å²) >= 11 is 1.08. The fourth-order valence-electron chi connectivity index (χ4n) is 2.76. The number of imide groups is 1. The van der Waals surface area contributed by atoms with Gasteiger partial charge in [-0.15, -0.1) is 11.8 Å². The Morgan fingerprint density at radius 3 is 2.38 bits per heavy atom. The van der Waals surface area contributed by atoms with Crippen molar-refractivity contribution in [2.24, 2.45) is 0 Å². The molecule has 1 saturated heterocycles. The van der Waals surface area contributed by atoms with Gasteiger partial charge >= 0.3 is 0 Å². The van der Waals surface area contributed by atoms with Crippen LogP contribution >= 0.6 is 11.8 Å². The molecule has 26 heavy (non-hydrogen) atoms. The molecular weight excluding hydrogens is 352 g/mol. The molecule has 1 aliphatic rings. The Labute approximate surface area is 155 Å². The topological polar surface area (TPSA) is 80.8 Å². The lowest BCUT2D eigenvalue weighted by Crippen LogP contribution is -2.31. The first-order valence-electron chi connectivity index (χ1n) is 7.99. The summed E-state index contributed by atoms with van der Waals surface area (Å²) in [6.45, 7) is 0. The maximum atomic E-state index is 12.7. The van der Waals surface area contributed by atoms with Crippen LogP contribution in [0.1, 0.15) is 16.8 Å². The molecule has 2 aromatic carbocycles. The highest BCUT2D eigenvalue weighted by Crippen LogP contribution is 2.35. The lowest BCUT2D eigenvalue weighted by Gasteiger charge is -2.18. The Balaban J connectivity index is 1.82. The predicted molar refractivity (Wildman–Crippen MR) is 98.3 cm³/mol. The van der Waals surface area contributed by atoms with Gasteiger partial charge in [-0.1, -0.05) is 18.2 Å². The van der Waals surface area contributed by atoms with Crippen LogP contribution in [0.4, 0.5) is 11.4 Å². The highest BCUT2D eigenvalue weighted by Gasteiger charge is 2.40. The van der Waals surface area contributed by atoms with Crippen molar-refractivity contribution < 1.29 is 19.5 Å². The fraction of sp³-hybridized carbons (Fsp3) is 0.211. The van der Waals surface area contributed by atoms with E-state index in [1.807, 2.05) is 31.1 Å². The van der Waals surface area contributed by atoms with E-state index in [1.165, 1.54) is 11.0 Å². The summed E-state index contributed by atoms with van der Waals surface area (Å²) in [6.07, 6.45) is 0.0281. The molecule has 134 valence electrons. The number of nitrogens with zero attached hydrogens (tertiary/aromatic N) is 2. The molecule has 1 aliphatic heterocycles. The van der Waals surface area contributed by atoms with Crippen LogP contribution in [-0.2, 0) is 9.59 Å². The van der Waals surface area contributed by atoms with Crippen LogP contribution < -0.4 is 14.9 Å². The Kier molecular flexibility index (Phi) is 4.99. The molecule has 0 N–H and O–H groups in total. The number of hydrogen-bond acceptors (Lipinski definition) is 6. The quantitative estimate of drug-likeness (QED) is 0.744. The third kappa shape index (κ3) is 3.43. The molecular formula is C19H17N2O4S-. The van der Waals surface area contributed by atoms with Crippen LogP contribution in [0.15, 0.2) is 53.4 Å². The average molecular weight is 369 g/mol. The van der Waals surface area contributed by atoms with Crippen molar-refractivity contribution >= 4 is 40.9 Å². The van der Waals surface area contributed by atoms with E-state index in [0.717, 1.165) is 17.4 Å². The van der Waals surface area contributed by atoms with Crippen LogP contribution in [0, 0.1) is 0 Å². The second-order valence-corrected chi connectivity index (χ2v) is 7.32. The Hall–Kier alpha value is -2.80. The molecule has 0 radical (unpaired) electrons. The smallest absolute Gasteiger partial charge is 0.247 e. The van der Waals surface area contributed by atoms with E-state index in [4.69, 9.17) is 0 Å². The summed E-state index contributed by atoms with van der Waals surface area (Å²) in [5.41, 5.74) is 1.50. The Morgan fingerprint density at radius 1 is 1.12 bits per heavy atom. The van der Waals surface area contributed by atoms with Crippen LogP contribution in [0.2, 0.25) is 0 Å². The minimum atomic E-state index is -1.30. The summed E-state index contributed by atoms with van der Waals surface area (Å²) in [4.78, 5) is 39.8. The van der Waals surface area contributed by atoms with Crippen molar-refractivity contribution in [2.45, 2.75) is 16.6 Å². The molecule has 2 aromatic rings. The Morgan fingerprint density at radius 2 is 1.77 bits per heavy atom. The maximum absolute atomic E-state index is 12.7. The lowest BCUT2D eigenvalue weighted by atomic mass is 10.2. The maximum Gasteiger partial charge on any atom is 0.247 e. The van der Waals surface area contributed by atoms with Gasteiger partial charge in [-0.05, 0) is 30.3 Å². The number of carboxylic acid groups (broad SMARTS) is 1. The van der Waals surface area contributed by atoms with Crippen molar-refractivity contribution in [1.82, 2.24) is 0 Å². The molecule has 0 aromatic heterocycles. The number of rotatable bonds is 5. The summed E-state index contributed by atoms with van der Waals surface area (Å²) in [7, 11) is 3.81. The average Bonchev–Trinajstić information content (AvgIpc) is 2.89. The molecule has 1 heterocycles. The minimum absolute atomic E-state index is 0.0199. The zero-order valence-corrected chi connectivity index (χ0v) is 15.2. The van der Waals surface area contributed by atoms with Crippen LogP contribution in [-0.4, -0.2) is 37.1 Å². The van der Waals surface area contributed by atoms with Gasteiger partial charge in [0.25, 0.3) is 0 Å². The molecule has 0 saturated carbocycles. The fourth-order valence-corrected chi connectivity index (χ4v) is 3.93. The molecule has 1 atom stereocenters. The monoisotopic (exact) mass is 369 g/mol. The minimum Gasteiger partial charge on any atom is -0.545 e. The number of benzene rings is 2. The van der Waals surface area contributed by atoms with E-state index >= 15 is 0 Å². The molecule has 3 rings (SSSR count). The van der Waals surface area contributed by atoms with Gasteiger partial charge in [0.2, 0.25) is 11.8 Å². The van der Waals surface area contributed by atoms with E-state index < -0.39 is 11.2 Å². The molecule has 0 bridgehead atoms. The number of amides is 2. The standard InChI is InChI=1S/C19H18N2O4S/c1-20(2)12-7-9-13(10-8-12)21-17(22)11-16(18(21)23)26-15-6-4-3-5-14(15)19(24)25/h3-10,16H,11H2,1-2H3,(H,24,25)/p-1. The Bertz CT molecular complexity index is 864. The van der Waals surface area contributed by atoms with Crippen molar-refractivity contribution in [3.05, 3.63) is 54.1 Å². The number of hydrogen-bond donors (Lipinski definition) is 0. The van der Waals surface area contributed by atoms with Gasteiger partial charge in [0.1, 0.15) is 0 Å². The second-order valence-electron chi connectivity index (χ2n) is 6.07. The first-order valence-corrected chi connectivity index (χ1v) is 8.87. The number of carbonyl (C=O) groups excluding carboxylic acids is 3. The van der Waals surface area contributed by atoms with E-state index in [0.29, 0.717) is 10.6 Å². The molecule has 0 spiro atoms. The third-order valence-corrected chi connectivity index (χ3v) is 5.37. The normalized spacial score (nSPS) is 16.8. The van der Waals surface area contributed by atoms with Gasteiger partial charge < -0.3 is 14.8 Å².